The van der Waals surface area contributed by atoms with Crippen molar-refractivity contribution >= 4 is 17.9 Å². The van der Waals surface area contributed by atoms with Gasteiger partial charge in [0.15, 0.2) is 5.70 Å². The molecule has 0 saturated heterocycles. The Bertz CT molecular complexity index is 771. The second-order valence-electron chi connectivity index (χ2n) is 5.20. The molecule has 0 aliphatic carbocycles. The zero-order valence-corrected chi connectivity index (χ0v) is 13.1. The van der Waals surface area contributed by atoms with Gasteiger partial charge in [-0.1, -0.05) is 29.8 Å². The van der Waals surface area contributed by atoms with Gasteiger partial charge < -0.3 is 9.47 Å². The number of esters is 1. The molecule has 3 rings (SSSR count). The van der Waals surface area contributed by atoms with Gasteiger partial charge in [0, 0.05) is 5.56 Å². The number of aliphatic imine (C=N–C) groups is 1. The van der Waals surface area contributed by atoms with Crippen molar-refractivity contribution in [3.8, 4) is 5.75 Å². The van der Waals surface area contributed by atoms with Gasteiger partial charge in [0.2, 0.25) is 5.90 Å². The van der Waals surface area contributed by atoms with Crippen molar-refractivity contribution < 1.29 is 14.3 Å². The maximum Gasteiger partial charge on any atom is 0.363 e. The van der Waals surface area contributed by atoms with Gasteiger partial charge in [0.1, 0.15) is 5.75 Å². The summed E-state index contributed by atoms with van der Waals surface area (Å²) in [5.41, 5.74) is 3.13. The van der Waals surface area contributed by atoms with Gasteiger partial charge in [-0.15, -0.1) is 0 Å². The summed E-state index contributed by atoms with van der Waals surface area (Å²) < 4.78 is 10.7. The highest BCUT2D eigenvalue weighted by Gasteiger charge is 2.24. The molecule has 0 radical (unpaired) electrons. The molecule has 0 aromatic heterocycles. The number of ether oxygens (including phenoxy) is 2. The van der Waals surface area contributed by atoms with Gasteiger partial charge in [-0.05, 0) is 49.8 Å². The number of hydrogen-bond acceptors (Lipinski definition) is 4. The van der Waals surface area contributed by atoms with Crippen LogP contribution < -0.4 is 4.74 Å². The number of cyclic esters (lactones) is 1. The Balaban J connectivity index is 1.84. The largest absolute Gasteiger partial charge is 0.494 e. The Morgan fingerprint density at radius 1 is 1.09 bits per heavy atom. The molecule has 4 heteroatoms. The number of rotatable bonds is 4. The van der Waals surface area contributed by atoms with E-state index < -0.39 is 5.97 Å². The van der Waals surface area contributed by atoms with Crippen LogP contribution in [-0.4, -0.2) is 18.5 Å². The summed E-state index contributed by atoms with van der Waals surface area (Å²) in [6, 6.07) is 15.2. The van der Waals surface area contributed by atoms with Crippen LogP contribution in [0.4, 0.5) is 0 Å². The molecule has 2 aromatic carbocycles. The fraction of sp³-hybridized carbons (Fsp3) is 0.158. The van der Waals surface area contributed by atoms with Gasteiger partial charge >= 0.3 is 5.97 Å². The SMILES string of the molecule is CCOc1ccc(C2=N/C(=C\c3ccc(C)cc3)C(=O)O2)cc1. The molecule has 0 atom stereocenters. The zero-order chi connectivity index (χ0) is 16.2. The van der Waals surface area contributed by atoms with E-state index in [9.17, 15) is 4.79 Å². The van der Waals surface area contributed by atoms with E-state index in [2.05, 4.69) is 4.99 Å². The lowest BCUT2D eigenvalue weighted by atomic mass is 10.1. The standard InChI is InChI=1S/C19H17NO3/c1-3-22-16-10-8-15(9-11-16)18-20-17(19(21)23-18)12-14-6-4-13(2)5-7-14/h4-12H,3H2,1-2H3/b17-12-. The quantitative estimate of drug-likeness (QED) is 0.638. The maximum absolute atomic E-state index is 12.0. The summed E-state index contributed by atoms with van der Waals surface area (Å²) in [5, 5.41) is 0. The first-order chi connectivity index (χ1) is 11.2. The monoisotopic (exact) mass is 307 g/mol. The van der Waals surface area contributed by atoms with Crippen molar-refractivity contribution in [2.75, 3.05) is 6.61 Å². The van der Waals surface area contributed by atoms with Crippen LogP contribution in [0.15, 0.2) is 59.2 Å². The fourth-order valence-electron chi connectivity index (χ4n) is 2.21. The van der Waals surface area contributed by atoms with E-state index in [4.69, 9.17) is 9.47 Å². The average molecular weight is 307 g/mol. The Labute approximate surface area is 135 Å². The highest BCUT2D eigenvalue weighted by atomic mass is 16.6. The minimum Gasteiger partial charge on any atom is -0.494 e. The summed E-state index contributed by atoms with van der Waals surface area (Å²) in [6.45, 7) is 4.56. The van der Waals surface area contributed by atoms with Gasteiger partial charge in [0.25, 0.3) is 0 Å². The van der Waals surface area contributed by atoms with E-state index in [1.807, 2.05) is 62.4 Å². The van der Waals surface area contributed by atoms with Crippen LogP contribution in [0, 0.1) is 6.92 Å². The number of aryl methyl sites for hydroxylation is 1. The van der Waals surface area contributed by atoms with Crippen molar-refractivity contribution in [2.45, 2.75) is 13.8 Å². The minimum atomic E-state index is -0.436. The van der Waals surface area contributed by atoms with E-state index in [1.165, 1.54) is 5.56 Å². The Hall–Kier alpha value is -2.88. The van der Waals surface area contributed by atoms with Crippen molar-refractivity contribution in [1.82, 2.24) is 0 Å². The van der Waals surface area contributed by atoms with Crippen LogP contribution in [0.5, 0.6) is 5.75 Å². The first-order valence-electron chi connectivity index (χ1n) is 7.48. The lowest BCUT2D eigenvalue weighted by Crippen LogP contribution is -2.05. The van der Waals surface area contributed by atoms with Gasteiger partial charge in [0.05, 0.1) is 6.61 Å². The molecule has 1 heterocycles. The van der Waals surface area contributed by atoms with Crippen LogP contribution in [0.25, 0.3) is 6.08 Å². The number of benzene rings is 2. The Morgan fingerprint density at radius 3 is 2.43 bits per heavy atom. The maximum atomic E-state index is 12.0. The lowest BCUT2D eigenvalue weighted by Gasteiger charge is -2.03. The van der Waals surface area contributed by atoms with E-state index in [-0.39, 0.29) is 0 Å². The normalized spacial score (nSPS) is 15.5. The molecule has 23 heavy (non-hydrogen) atoms. The van der Waals surface area contributed by atoms with Gasteiger partial charge in [-0.2, -0.15) is 0 Å². The molecule has 2 aromatic rings. The lowest BCUT2D eigenvalue weighted by molar-refractivity contribution is -0.129. The van der Waals surface area contributed by atoms with E-state index >= 15 is 0 Å². The molecule has 0 unspecified atom stereocenters. The predicted octanol–water partition coefficient (Wildman–Crippen LogP) is 3.74. The third-order valence-electron chi connectivity index (χ3n) is 3.41. The van der Waals surface area contributed by atoms with Crippen molar-refractivity contribution in [2.24, 2.45) is 4.99 Å². The molecule has 1 aliphatic heterocycles. The second kappa shape index (κ2) is 6.48. The van der Waals surface area contributed by atoms with E-state index in [1.54, 1.807) is 6.08 Å². The Morgan fingerprint density at radius 2 is 1.78 bits per heavy atom. The molecule has 4 nitrogen and oxygen atoms in total. The van der Waals surface area contributed by atoms with Crippen LogP contribution >= 0.6 is 0 Å². The molecular formula is C19H17NO3. The Kier molecular flexibility index (Phi) is 4.24. The highest BCUT2D eigenvalue weighted by molar-refractivity contribution is 6.12. The third-order valence-corrected chi connectivity index (χ3v) is 3.41. The summed E-state index contributed by atoms with van der Waals surface area (Å²) in [7, 11) is 0. The molecule has 0 N–H and O–H groups in total. The zero-order valence-electron chi connectivity index (χ0n) is 13.1. The van der Waals surface area contributed by atoms with Crippen LogP contribution in [0.3, 0.4) is 0 Å². The number of hydrogen-bond donors (Lipinski definition) is 0. The topological polar surface area (TPSA) is 47.9 Å². The smallest absolute Gasteiger partial charge is 0.363 e. The number of nitrogens with zero attached hydrogens (tertiary/aromatic N) is 1. The van der Waals surface area contributed by atoms with Crippen molar-refractivity contribution in [3.63, 3.8) is 0 Å². The molecule has 116 valence electrons. The van der Waals surface area contributed by atoms with E-state index in [0.717, 1.165) is 16.9 Å². The van der Waals surface area contributed by atoms with Crippen LogP contribution in [0.2, 0.25) is 0 Å². The second-order valence-corrected chi connectivity index (χ2v) is 5.20. The third kappa shape index (κ3) is 3.48. The molecular weight excluding hydrogens is 290 g/mol. The summed E-state index contributed by atoms with van der Waals surface area (Å²) in [4.78, 5) is 16.3. The van der Waals surface area contributed by atoms with Crippen molar-refractivity contribution in [1.29, 1.82) is 0 Å². The molecule has 0 bridgehead atoms. The van der Waals surface area contributed by atoms with Crippen molar-refractivity contribution in [3.05, 3.63) is 70.9 Å². The summed E-state index contributed by atoms with van der Waals surface area (Å²) in [5.74, 6) is 0.655. The van der Waals surface area contributed by atoms with Gasteiger partial charge in [-0.25, -0.2) is 9.79 Å². The highest BCUT2D eigenvalue weighted by Crippen LogP contribution is 2.21. The fourth-order valence-corrected chi connectivity index (χ4v) is 2.21. The predicted molar refractivity (Wildman–Crippen MR) is 89.4 cm³/mol. The van der Waals surface area contributed by atoms with E-state index in [0.29, 0.717) is 18.2 Å². The first-order valence-corrected chi connectivity index (χ1v) is 7.48. The van der Waals surface area contributed by atoms with Gasteiger partial charge in [-0.3, -0.25) is 0 Å². The minimum absolute atomic E-state index is 0.303. The average Bonchev–Trinajstić information content (AvgIpc) is 2.92. The summed E-state index contributed by atoms with van der Waals surface area (Å²) >= 11 is 0. The van der Waals surface area contributed by atoms with Crippen LogP contribution in [-0.2, 0) is 9.53 Å². The molecule has 1 aliphatic rings. The first kappa shape index (κ1) is 15.0. The molecule has 0 amide bonds. The summed E-state index contributed by atoms with van der Waals surface area (Å²) in [6.07, 6.45) is 1.73. The molecule has 0 fully saturated rings. The number of carbonyl (C=O) groups is 1. The number of carbonyl (C=O) groups excluding carboxylic acids is 1. The molecule has 0 spiro atoms. The molecule has 0 saturated carbocycles. The van der Waals surface area contributed by atoms with Crippen LogP contribution in [0.1, 0.15) is 23.6 Å².